The minimum Gasteiger partial charge on any atom is -0.497 e. The summed E-state index contributed by atoms with van der Waals surface area (Å²) in [6, 6.07) is 10.0. The van der Waals surface area contributed by atoms with Crippen molar-refractivity contribution in [2.75, 3.05) is 20.3 Å². The smallest absolute Gasteiger partial charge is 0.129 e. The highest BCUT2D eigenvalue weighted by Gasteiger charge is 2.33. The summed E-state index contributed by atoms with van der Waals surface area (Å²) in [7, 11) is 1.65. The van der Waals surface area contributed by atoms with Crippen LogP contribution in [0.3, 0.4) is 0 Å². The van der Waals surface area contributed by atoms with E-state index >= 15 is 0 Å². The van der Waals surface area contributed by atoms with Crippen LogP contribution in [0.2, 0.25) is 5.02 Å². The average Bonchev–Trinajstić information content (AvgIpc) is 2.75. The van der Waals surface area contributed by atoms with Crippen molar-refractivity contribution in [3.05, 3.63) is 57.6 Å². The summed E-state index contributed by atoms with van der Waals surface area (Å²) >= 11 is 6.80. The molecule has 2 aliphatic rings. The van der Waals surface area contributed by atoms with Crippen LogP contribution < -0.4 is 9.47 Å². The first-order valence-corrected chi connectivity index (χ1v) is 10.5. The van der Waals surface area contributed by atoms with Crippen molar-refractivity contribution in [2.24, 2.45) is 0 Å². The van der Waals surface area contributed by atoms with E-state index in [1.807, 2.05) is 30.3 Å². The van der Waals surface area contributed by atoms with Gasteiger partial charge in [-0.2, -0.15) is 0 Å². The van der Waals surface area contributed by atoms with Crippen molar-refractivity contribution in [1.29, 1.82) is 0 Å². The third-order valence-electron chi connectivity index (χ3n) is 5.71. The van der Waals surface area contributed by atoms with Crippen LogP contribution in [-0.2, 0) is 17.6 Å². The number of ether oxygens (including phenoxy) is 3. The fourth-order valence-electron chi connectivity index (χ4n) is 4.24. The van der Waals surface area contributed by atoms with Gasteiger partial charge in [0.2, 0.25) is 0 Å². The zero-order chi connectivity index (χ0) is 20.4. The lowest BCUT2D eigenvalue weighted by atomic mass is 9.89. The number of aliphatic hydroxyl groups is 2. The number of methoxy groups -OCH3 is 1. The Kier molecular flexibility index (Phi) is 6.30. The van der Waals surface area contributed by atoms with Crippen molar-refractivity contribution in [3.8, 4) is 11.5 Å². The van der Waals surface area contributed by atoms with E-state index in [0.717, 1.165) is 51.6 Å². The molecule has 4 rings (SSSR count). The molecule has 0 aromatic heterocycles. The SMILES string of the molecule is COc1ccc(Cc2cc(C3CC(O)CC(CO)O3)c3c(c2Cl)CCCO3)cc1. The van der Waals surface area contributed by atoms with E-state index in [1.165, 1.54) is 0 Å². The van der Waals surface area contributed by atoms with E-state index in [0.29, 0.717) is 25.9 Å². The van der Waals surface area contributed by atoms with Crippen LogP contribution in [0.15, 0.2) is 30.3 Å². The highest BCUT2D eigenvalue weighted by molar-refractivity contribution is 6.32. The quantitative estimate of drug-likeness (QED) is 0.772. The molecule has 0 bridgehead atoms. The van der Waals surface area contributed by atoms with Crippen molar-refractivity contribution in [2.45, 2.75) is 50.4 Å². The molecule has 29 heavy (non-hydrogen) atoms. The molecule has 0 aliphatic carbocycles. The average molecular weight is 419 g/mol. The monoisotopic (exact) mass is 418 g/mol. The van der Waals surface area contributed by atoms with Gasteiger partial charge in [0.25, 0.3) is 0 Å². The number of hydrogen-bond acceptors (Lipinski definition) is 5. The predicted octanol–water partition coefficient (Wildman–Crippen LogP) is 3.84. The highest BCUT2D eigenvalue weighted by atomic mass is 35.5. The number of hydrogen-bond donors (Lipinski definition) is 2. The minimum atomic E-state index is -0.508. The standard InChI is InChI=1S/C23H27ClO5/c1-27-17-6-4-14(5-7-17)9-15-10-20(21-12-16(26)11-18(13-25)29-21)23-19(22(15)24)3-2-8-28-23/h4-7,10,16,18,21,25-26H,2-3,8-9,11-13H2,1H3. The molecule has 0 amide bonds. The number of benzene rings is 2. The summed E-state index contributed by atoms with van der Waals surface area (Å²) in [6.07, 6.45) is 2.19. The molecular weight excluding hydrogens is 392 g/mol. The molecule has 3 atom stereocenters. The summed E-state index contributed by atoms with van der Waals surface area (Å²) in [6.45, 7) is 0.537. The molecule has 1 fully saturated rings. The van der Waals surface area contributed by atoms with E-state index in [4.69, 9.17) is 25.8 Å². The first-order chi connectivity index (χ1) is 14.1. The van der Waals surface area contributed by atoms with Gasteiger partial charge < -0.3 is 24.4 Å². The summed E-state index contributed by atoms with van der Waals surface area (Å²) in [5.74, 6) is 1.61. The molecule has 3 unspecified atom stereocenters. The number of halogens is 1. The first kappa shape index (κ1) is 20.5. The molecule has 156 valence electrons. The lowest BCUT2D eigenvalue weighted by Crippen LogP contribution is -2.34. The Morgan fingerprint density at radius 3 is 2.72 bits per heavy atom. The van der Waals surface area contributed by atoms with Gasteiger partial charge in [0.1, 0.15) is 11.5 Å². The summed E-state index contributed by atoms with van der Waals surface area (Å²) < 4.78 is 17.3. The largest absolute Gasteiger partial charge is 0.497 e. The van der Waals surface area contributed by atoms with Gasteiger partial charge in [0.15, 0.2) is 0 Å². The van der Waals surface area contributed by atoms with E-state index in [1.54, 1.807) is 7.11 Å². The Morgan fingerprint density at radius 2 is 2.00 bits per heavy atom. The second kappa shape index (κ2) is 8.92. The Balaban J connectivity index is 1.71. The van der Waals surface area contributed by atoms with Crippen LogP contribution in [0.25, 0.3) is 0 Å². The second-order valence-electron chi connectivity index (χ2n) is 7.78. The third-order valence-corrected chi connectivity index (χ3v) is 6.18. The van der Waals surface area contributed by atoms with Crippen LogP contribution in [0.1, 0.15) is 47.6 Å². The zero-order valence-corrected chi connectivity index (χ0v) is 17.3. The van der Waals surface area contributed by atoms with Gasteiger partial charge in [-0.05, 0) is 48.6 Å². The topological polar surface area (TPSA) is 68.2 Å². The maximum Gasteiger partial charge on any atom is 0.129 e. The zero-order valence-electron chi connectivity index (χ0n) is 16.6. The van der Waals surface area contributed by atoms with Crippen molar-refractivity contribution < 1.29 is 24.4 Å². The first-order valence-electron chi connectivity index (χ1n) is 10.1. The summed E-state index contributed by atoms with van der Waals surface area (Å²) in [5.41, 5.74) is 4.08. The minimum absolute atomic E-state index is 0.108. The molecule has 2 aromatic rings. The molecule has 5 nitrogen and oxygen atoms in total. The van der Waals surface area contributed by atoms with Crippen LogP contribution in [0.5, 0.6) is 11.5 Å². The van der Waals surface area contributed by atoms with Crippen LogP contribution in [0, 0.1) is 0 Å². The van der Waals surface area contributed by atoms with Gasteiger partial charge in [-0.15, -0.1) is 0 Å². The van der Waals surface area contributed by atoms with E-state index in [2.05, 4.69) is 0 Å². The van der Waals surface area contributed by atoms with E-state index in [-0.39, 0.29) is 18.8 Å². The normalized spacial score (nSPS) is 23.9. The van der Waals surface area contributed by atoms with Gasteiger partial charge in [0.05, 0.1) is 43.7 Å². The predicted molar refractivity (Wildman–Crippen MR) is 111 cm³/mol. The Morgan fingerprint density at radius 1 is 1.21 bits per heavy atom. The fourth-order valence-corrected chi connectivity index (χ4v) is 4.54. The van der Waals surface area contributed by atoms with Gasteiger partial charge in [-0.3, -0.25) is 0 Å². The summed E-state index contributed by atoms with van der Waals surface area (Å²) in [5, 5.41) is 20.6. The maximum absolute atomic E-state index is 10.3. The molecule has 0 saturated carbocycles. The molecular formula is C23H27ClO5. The number of aliphatic hydroxyl groups excluding tert-OH is 2. The van der Waals surface area contributed by atoms with Gasteiger partial charge in [-0.25, -0.2) is 0 Å². The van der Waals surface area contributed by atoms with Gasteiger partial charge in [-0.1, -0.05) is 23.7 Å². The maximum atomic E-state index is 10.3. The molecule has 2 aliphatic heterocycles. The lowest BCUT2D eigenvalue weighted by molar-refractivity contribution is -0.114. The van der Waals surface area contributed by atoms with Gasteiger partial charge >= 0.3 is 0 Å². The highest BCUT2D eigenvalue weighted by Crippen LogP contribution is 2.44. The summed E-state index contributed by atoms with van der Waals surface area (Å²) in [4.78, 5) is 0. The van der Waals surface area contributed by atoms with Crippen molar-refractivity contribution in [1.82, 2.24) is 0 Å². The molecule has 2 aromatic carbocycles. The molecule has 0 spiro atoms. The molecule has 2 N–H and O–H groups in total. The fraction of sp³-hybridized carbons (Fsp3) is 0.478. The Hall–Kier alpha value is -1.79. The third kappa shape index (κ3) is 4.38. The second-order valence-corrected chi connectivity index (χ2v) is 8.16. The van der Waals surface area contributed by atoms with Gasteiger partial charge in [0, 0.05) is 24.0 Å². The van der Waals surface area contributed by atoms with E-state index in [9.17, 15) is 10.2 Å². The van der Waals surface area contributed by atoms with Crippen LogP contribution in [-0.4, -0.2) is 42.7 Å². The van der Waals surface area contributed by atoms with E-state index < -0.39 is 6.10 Å². The lowest BCUT2D eigenvalue weighted by Gasteiger charge is -2.35. The van der Waals surface area contributed by atoms with Crippen LogP contribution >= 0.6 is 11.6 Å². The number of rotatable bonds is 5. The van der Waals surface area contributed by atoms with Crippen molar-refractivity contribution in [3.63, 3.8) is 0 Å². The van der Waals surface area contributed by atoms with Crippen molar-refractivity contribution >= 4 is 11.6 Å². The Bertz CT molecular complexity index is 851. The number of fused-ring (bicyclic) bond motifs is 1. The molecule has 1 saturated heterocycles. The molecule has 0 radical (unpaired) electrons. The van der Waals surface area contributed by atoms with Crippen LogP contribution in [0.4, 0.5) is 0 Å². The Labute approximate surface area is 176 Å². The molecule has 2 heterocycles. The molecule has 6 heteroatoms.